The third kappa shape index (κ3) is 6.22. The van der Waals surface area contributed by atoms with E-state index in [1.807, 2.05) is 32.9 Å². The molecule has 0 saturated heterocycles. The molecule has 0 amide bonds. The maximum Gasteiger partial charge on any atom is 0.328 e. The fourth-order valence-electron chi connectivity index (χ4n) is 2.15. The third-order valence-electron chi connectivity index (χ3n) is 3.97. The van der Waals surface area contributed by atoms with Crippen molar-refractivity contribution >= 4 is 15.8 Å². The zero-order chi connectivity index (χ0) is 18.2. The Morgan fingerprint density at radius 3 is 2.38 bits per heavy atom. The highest BCUT2D eigenvalue weighted by Gasteiger charge is 2.19. The van der Waals surface area contributed by atoms with Gasteiger partial charge in [-0.05, 0) is 30.4 Å². The van der Waals surface area contributed by atoms with Crippen LogP contribution >= 0.6 is 0 Å². The van der Waals surface area contributed by atoms with E-state index < -0.39 is 16.2 Å². The maximum atomic E-state index is 11.6. The van der Waals surface area contributed by atoms with Gasteiger partial charge in [0, 0.05) is 0 Å². The number of unbranched alkanes of at least 4 members (excludes halogenated alkanes) is 1. The molecule has 0 bridgehead atoms. The molecule has 0 saturated carbocycles. The van der Waals surface area contributed by atoms with Gasteiger partial charge in [0.1, 0.15) is 6.10 Å². The predicted octanol–water partition coefficient (Wildman–Crippen LogP) is 4.13. The van der Waals surface area contributed by atoms with Crippen molar-refractivity contribution in [1.29, 1.82) is 0 Å². The minimum Gasteiger partial charge on any atom is -0.268 e. The van der Waals surface area contributed by atoms with E-state index in [2.05, 4.69) is 10.0 Å². The molecule has 1 rings (SSSR count). The van der Waals surface area contributed by atoms with Crippen LogP contribution in [0.15, 0.2) is 29.4 Å². The standard InChI is InChI=1S/C17H27NO5S/c1-5-7-12-24(20,21)23-18-14(4)15-8-10-16(11-9-15)17(22-19)13(3)6-2/h8-11,13,17,19H,5-7,12H2,1-4H3/b18-14-. The number of rotatable bonds is 10. The summed E-state index contributed by atoms with van der Waals surface area (Å²) < 4.78 is 28.0. The van der Waals surface area contributed by atoms with Crippen LogP contribution in [0, 0.1) is 5.92 Å². The summed E-state index contributed by atoms with van der Waals surface area (Å²) in [7, 11) is -3.63. The SMILES string of the molecule is CCCCS(=O)(=O)O/N=C(/C)c1ccc(C(OO)C(C)CC)cc1. The lowest BCUT2D eigenvalue weighted by atomic mass is 9.94. The summed E-state index contributed by atoms with van der Waals surface area (Å²) >= 11 is 0. The molecule has 0 aliphatic heterocycles. The van der Waals surface area contributed by atoms with Crippen molar-refractivity contribution in [3.8, 4) is 0 Å². The molecule has 7 heteroatoms. The molecular weight excluding hydrogens is 330 g/mol. The monoisotopic (exact) mass is 357 g/mol. The molecular formula is C17H27NO5S. The van der Waals surface area contributed by atoms with E-state index in [9.17, 15) is 8.42 Å². The van der Waals surface area contributed by atoms with Crippen molar-refractivity contribution in [2.24, 2.45) is 11.1 Å². The fourth-order valence-corrected chi connectivity index (χ4v) is 3.09. The van der Waals surface area contributed by atoms with Gasteiger partial charge in [-0.15, -0.1) is 0 Å². The van der Waals surface area contributed by atoms with Gasteiger partial charge in [0.25, 0.3) is 0 Å². The second-order valence-corrected chi connectivity index (χ2v) is 7.57. The summed E-state index contributed by atoms with van der Waals surface area (Å²) in [6.07, 6.45) is 1.80. The van der Waals surface area contributed by atoms with Crippen molar-refractivity contribution in [3.63, 3.8) is 0 Å². The Bertz CT molecular complexity index is 625. The largest absolute Gasteiger partial charge is 0.328 e. The molecule has 0 fully saturated rings. The average molecular weight is 357 g/mol. The Hall–Kier alpha value is -1.44. The molecule has 24 heavy (non-hydrogen) atoms. The van der Waals surface area contributed by atoms with Crippen LogP contribution in [0.3, 0.4) is 0 Å². The van der Waals surface area contributed by atoms with Gasteiger partial charge in [0.05, 0.1) is 11.5 Å². The Kier molecular flexibility index (Phi) is 8.38. The van der Waals surface area contributed by atoms with Crippen LogP contribution in [0.25, 0.3) is 0 Å². The van der Waals surface area contributed by atoms with Crippen LogP contribution in [0.1, 0.15) is 64.2 Å². The first kappa shape index (κ1) is 20.6. The van der Waals surface area contributed by atoms with Crippen LogP contribution in [-0.2, 0) is 19.3 Å². The molecule has 0 heterocycles. The molecule has 0 aromatic heterocycles. The minimum atomic E-state index is -3.63. The van der Waals surface area contributed by atoms with Crippen molar-refractivity contribution < 1.29 is 22.8 Å². The molecule has 2 atom stereocenters. The zero-order valence-electron chi connectivity index (χ0n) is 14.7. The smallest absolute Gasteiger partial charge is 0.268 e. The highest BCUT2D eigenvalue weighted by Crippen LogP contribution is 2.27. The third-order valence-corrected chi connectivity index (χ3v) is 5.06. The fraction of sp³-hybridized carbons (Fsp3) is 0.588. The molecule has 0 radical (unpaired) electrons. The van der Waals surface area contributed by atoms with E-state index in [0.29, 0.717) is 12.1 Å². The molecule has 0 aliphatic rings. The van der Waals surface area contributed by atoms with E-state index >= 15 is 0 Å². The first-order valence-electron chi connectivity index (χ1n) is 8.21. The number of hydrogen-bond donors (Lipinski definition) is 1. The lowest BCUT2D eigenvalue weighted by Crippen LogP contribution is -2.12. The Morgan fingerprint density at radius 2 is 1.88 bits per heavy atom. The summed E-state index contributed by atoms with van der Waals surface area (Å²) in [5.41, 5.74) is 2.05. The van der Waals surface area contributed by atoms with E-state index in [0.717, 1.165) is 24.0 Å². The van der Waals surface area contributed by atoms with E-state index in [1.54, 1.807) is 19.1 Å². The zero-order valence-corrected chi connectivity index (χ0v) is 15.5. The molecule has 1 aromatic rings. The molecule has 1 aromatic carbocycles. The molecule has 6 nitrogen and oxygen atoms in total. The van der Waals surface area contributed by atoms with Crippen molar-refractivity contribution in [3.05, 3.63) is 35.4 Å². The van der Waals surface area contributed by atoms with Crippen molar-refractivity contribution in [1.82, 2.24) is 0 Å². The van der Waals surface area contributed by atoms with E-state index in [1.165, 1.54) is 0 Å². The van der Waals surface area contributed by atoms with Gasteiger partial charge in [-0.25, -0.2) is 4.89 Å². The van der Waals surface area contributed by atoms with Gasteiger partial charge in [-0.2, -0.15) is 8.42 Å². The normalized spacial score (nSPS) is 15.1. The van der Waals surface area contributed by atoms with Gasteiger partial charge in [-0.3, -0.25) is 9.54 Å². The van der Waals surface area contributed by atoms with Gasteiger partial charge in [0.15, 0.2) is 0 Å². The number of nitrogens with zero attached hydrogens (tertiary/aromatic N) is 1. The summed E-state index contributed by atoms with van der Waals surface area (Å²) in [5, 5.41) is 12.8. The highest BCUT2D eigenvalue weighted by molar-refractivity contribution is 7.86. The first-order chi connectivity index (χ1) is 11.3. The summed E-state index contributed by atoms with van der Waals surface area (Å²) in [6, 6.07) is 7.25. The molecule has 0 spiro atoms. The van der Waals surface area contributed by atoms with Gasteiger partial charge in [0.2, 0.25) is 0 Å². The van der Waals surface area contributed by atoms with E-state index in [4.69, 9.17) is 9.54 Å². The quantitative estimate of drug-likeness (QED) is 0.386. The Balaban J connectivity index is 2.82. The maximum absolute atomic E-state index is 11.6. The van der Waals surface area contributed by atoms with E-state index in [-0.39, 0.29) is 11.7 Å². The Morgan fingerprint density at radius 1 is 1.25 bits per heavy atom. The summed E-state index contributed by atoms with van der Waals surface area (Å²) in [4.78, 5) is 4.58. The lowest BCUT2D eigenvalue weighted by molar-refractivity contribution is -0.293. The topological polar surface area (TPSA) is 85.2 Å². The summed E-state index contributed by atoms with van der Waals surface area (Å²) in [5.74, 6) is 0.131. The van der Waals surface area contributed by atoms with Crippen LogP contribution in [0.2, 0.25) is 0 Å². The van der Waals surface area contributed by atoms with Crippen LogP contribution in [0.5, 0.6) is 0 Å². The van der Waals surface area contributed by atoms with Crippen LogP contribution in [0.4, 0.5) is 0 Å². The molecule has 1 N–H and O–H groups in total. The van der Waals surface area contributed by atoms with Crippen LogP contribution < -0.4 is 0 Å². The van der Waals surface area contributed by atoms with Gasteiger partial charge >= 0.3 is 10.1 Å². The van der Waals surface area contributed by atoms with Gasteiger partial charge in [-0.1, -0.05) is 63.0 Å². The van der Waals surface area contributed by atoms with Crippen molar-refractivity contribution in [2.75, 3.05) is 5.75 Å². The Labute approximate surface area is 144 Å². The second kappa shape index (κ2) is 9.76. The van der Waals surface area contributed by atoms with Gasteiger partial charge < -0.3 is 0 Å². The average Bonchev–Trinajstić information content (AvgIpc) is 2.59. The molecule has 2 unspecified atom stereocenters. The number of hydrogen-bond acceptors (Lipinski definition) is 6. The summed E-state index contributed by atoms with van der Waals surface area (Å²) in [6.45, 7) is 7.61. The second-order valence-electron chi connectivity index (χ2n) is 5.90. The number of oxime groups is 1. The first-order valence-corrected chi connectivity index (χ1v) is 9.78. The lowest BCUT2D eigenvalue weighted by Gasteiger charge is -2.20. The minimum absolute atomic E-state index is 0.0381. The molecule has 136 valence electrons. The van der Waals surface area contributed by atoms with Crippen LogP contribution in [-0.4, -0.2) is 25.1 Å². The molecule has 0 aliphatic carbocycles. The van der Waals surface area contributed by atoms with Crippen molar-refractivity contribution in [2.45, 2.75) is 53.1 Å². The highest BCUT2D eigenvalue weighted by atomic mass is 32.2. The number of benzene rings is 1. The predicted molar refractivity (Wildman–Crippen MR) is 94.3 cm³/mol.